The molecule has 1 rings (SSSR count). The van der Waals surface area contributed by atoms with Crippen LogP contribution in [0.15, 0.2) is 0 Å². The SMILES string of the molecule is CC(C)CNCC1(S(C)(=O)=O)CCOCC1. The Balaban J connectivity index is 2.64. The fourth-order valence-electron chi connectivity index (χ4n) is 2.01. The van der Waals surface area contributed by atoms with Gasteiger partial charge in [0, 0.05) is 26.0 Å². The van der Waals surface area contributed by atoms with E-state index >= 15 is 0 Å². The Morgan fingerprint density at radius 3 is 2.31 bits per heavy atom. The number of rotatable bonds is 5. The molecule has 0 aliphatic carbocycles. The Morgan fingerprint density at radius 1 is 1.31 bits per heavy atom. The average molecular weight is 249 g/mol. The van der Waals surface area contributed by atoms with E-state index in [1.165, 1.54) is 6.26 Å². The summed E-state index contributed by atoms with van der Waals surface area (Å²) < 4.78 is 28.4. The van der Waals surface area contributed by atoms with E-state index in [9.17, 15) is 8.42 Å². The van der Waals surface area contributed by atoms with Gasteiger partial charge < -0.3 is 10.1 Å². The second-order valence-corrected chi connectivity index (χ2v) is 7.50. The van der Waals surface area contributed by atoms with Crippen LogP contribution in [0.4, 0.5) is 0 Å². The standard InChI is InChI=1S/C11H23NO3S/c1-10(2)8-12-9-11(16(3,13)14)4-6-15-7-5-11/h10,12H,4-9H2,1-3H3. The molecule has 5 heteroatoms. The minimum Gasteiger partial charge on any atom is -0.381 e. The number of ether oxygens (including phenoxy) is 1. The number of hydrogen-bond acceptors (Lipinski definition) is 4. The molecule has 1 fully saturated rings. The molecular weight excluding hydrogens is 226 g/mol. The fraction of sp³-hybridized carbons (Fsp3) is 1.00. The molecule has 0 spiro atoms. The van der Waals surface area contributed by atoms with Gasteiger partial charge in [-0.3, -0.25) is 0 Å². The van der Waals surface area contributed by atoms with Gasteiger partial charge in [-0.1, -0.05) is 13.8 Å². The first-order chi connectivity index (χ1) is 7.37. The van der Waals surface area contributed by atoms with Crippen molar-refractivity contribution >= 4 is 9.84 Å². The van der Waals surface area contributed by atoms with Crippen molar-refractivity contribution in [2.45, 2.75) is 31.4 Å². The monoisotopic (exact) mass is 249 g/mol. The van der Waals surface area contributed by atoms with Crippen molar-refractivity contribution in [1.82, 2.24) is 5.32 Å². The molecule has 0 aromatic carbocycles. The van der Waals surface area contributed by atoms with Gasteiger partial charge in [0.05, 0.1) is 4.75 Å². The molecule has 1 aliphatic rings. The highest BCUT2D eigenvalue weighted by Gasteiger charge is 2.41. The van der Waals surface area contributed by atoms with Gasteiger partial charge in [-0.15, -0.1) is 0 Å². The Morgan fingerprint density at radius 2 is 1.88 bits per heavy atom. The van der Waals surface area contributed by atoms with Crippen molar-refractivity contribution in [3.63, 3.8) is 0 Å². The first-order valence-electron chi connectivity index (χ1n) is 5.85. The number of sulfone groups is 1. The normalized spacial score (nSPS) is 21.2. The summed E-state index contributed by atoms with van der Waals surface area (Å²) in [7, 11) is -3.03. The lowest BCUT2D eigenvalue weighted by atomic mass is 9.99. The van der Waals surface area contributed by atoms with Crippen LogP contribution >= 0.6 is 0 Å². The van der Waals surface area contributed by atoms with E-state index in [0.717, 1.165) is 6.54 Å². The summed E-state index contributed by atoms with van der Waals surface area (Å²) in [6.07, 6.45) is 2.56. The van der Waals surface area contributed by atoms with E-state index in [2.05, 4.69) is 19.2 Å². The largest absolute Gasteiger partial charge is 0.381 e. The van der Waals surface area contributed by atoms with Gasteiger partial charge in [0.1, 0.15) is 0 Å². The van der Waals surface area contributed by atoms with Gasteiger partial charge in [0.25, 0.3) is 0 Å². The Bertz CT molecular complexity index is 305. The molecule has 0 amide bonds. The quantitative estimate of drug-likeness (QED) is 0.784. The topological polar surface area (TPSA) is 55.4 Å². The van der Waals surface area contributed by atoms with Gasteiger partial charge in [-0.25, -0.2) is 8.42 Å². The number of hydrogen-bond donors (Lipinski definition) is 1. The Labute approximate surface area is 98.7 Å². The number of nitrogens with one attached hydrogen (secondary N) is 1. The van der Waals surface area contributed by atoms with Crippen LogP contribution in [-0.2, 0) is 14.6 Å². The zero-order valence-electron chi connectivity index (χ0n) is 10.5. The van der Waals surface area contributed by atoms with Crippen molar-refractivity contribution in [3.8, 4) is 0 Å². The fourth-order valence-corrected chi connectivity index (χ4v) is 3.28. The molecule has 0 saturated carbocycles. The van der Waals surface area contributed by atoms with Gasteiger partial charge in [-0.2, -0.15) is 0 Å². The summed E-state index contributed by atoms with van der Waals surface area (Å²) in [4.78, 5) is 0. The van der Waals surface area contributed by atoms with E-state index in [4.69, 9.17) is 4.74 Å². The minimum atomic E-state index is -3.03. The minimum absolute atomic E-state index is 0.538. The molecule has 4 nitrogen and oxygen atoms in total. The van der Waals surface area contributed by atoms with E-state index < -0.39 is 14.6 Å². The molecule has 96 valence electrons. The van der Waals surface area contributed by atoms with E-state index in [0.29, 0.717) is 38.5 Å². The van der Waals surface area contributed by atoms with Crippen molar-refractivity contribution in [2.75, 3.05) is 32.6 Å². The van der Waals surface area contributed by atoms with Crippen LogP contribution in [-0.4, -0.2) is 45.7 Å². The zero-order chi connectivity index (χ0) is 12.2. The van der Waals surface area contributed by atoms with Crippen molar-refractivity contribution < 1.29 is 13.2 Å². The molecule has 1 aliphatic heterocycles. The van der Waals surface area contributed by atoms with Gasteiger partial charge in [-0.05, 0) is 25.3 Å². The summed E-state index contributed by atoms with van der Waals surface area (Å²) in [5.74, 6) is 0.538. The van der Waals surface area contributed by atoms with Crippen molar-refractivity contribution in [1.29, 1.82) is 0 Å². The van der Waals surface area contributed by atoms with Crippen LogP contribution in [0.25, 0.3) is 0 Å². The van der Waals surface area contributed by atoms with Gasteiger partial charge >= 0.3 is 0 Å². The predicted octanol–water partition coefficient (Wildman–Crippen LogP) is 0.826. The van der Waals surface area contributed by atoms with Crippen molar-refractivity contribution in [2.24, 2.45) is 5.92 Å². The highest BCUT2D eigenvalue weighted by atomic mass is 32.2. The van der Waals surface area contributed by atoms with E-state index in [-0.39, 0.29) is 0 Å². The lowest BCUT2D eigenvalue weighted by Gasteiger charge is -2.35. The second kappa shape index (κ2) is 5.47. The maximum atomic E-state index is 11.9. The smallest absolute Gasteiger partial charge is 0.154 e. The molecule has 0 aromatic heterocycles. The van der Waals surface area contributed by atoms with Crippen LogP contribution in [0.2, 0.25) is 0 Å². The lowest BCUT2D eigenvalue weighted by Crippen LogP contribution is -2.51. The third-order valence-electron chi connectivity index (χ3n) is 3.19. The first-order valence-corrected chi connectivity index (χ1v) is 7.75. The summed E-state index contributed by atoms with van der Waals surface area (Å²) in [5.41, 5.74) is 0. The molecule has 0 bridgehead atoms. The molecule has 1 heterocycles. The first kappa shape index (κ1) is 13.9. The van der Waals surface area contributed by atoms with Crippen molar-refractivity contribution in [3.05, 3.63) is 0 Å². The lowest BCUT2D eigenvalue weighted by molar-refractivity contribution is 0.0744. The van der Waals surface area contributed by atoms with Crippen LogP contribution in [0.3, 0.4) is 0 Å². The molecular formula is C11H23NO3S. The summed E-state index contributed by atoms with van der Waals surface area (Å²) in [6.45, 7) is 6.74. The molecule has 0 unspecified atom stereocenters. The van der Waals surface area contributed by atoms with Crippen LogP contribution in [0.5, 0.6) is 0 Å². The predicted molar refractivity (Wildman–Crippen MR) is 65.3 cm³/mol. The maximum absolute atomic E-state index is 11.9. The Kier molecular flexibility index (Phi) is 4.76. The van der Waals surface area contributed by atoms with E-state index in [1.54, 1.807) is 0 Å². The van der Waals surface area contributed by atoms with Gasteiger partial charge in [0.15, 0.2) is 9.84 Å². The average Bonchev–Trinajstić information content (AvgIpc) is 2.17. The Hall–Kier alpha value is -0.130. The maximum Gasteiger partial charge on any atom is 0.154 e. The highest BCUT2D eigenvalue weighted by molar-refractivity contribution is 7.92. The molecule has 0 atom stereocenters. The third-order valence-corrected chi connectivity index (χ3v) is 5.32. The summed E-state index contributed by atoms with van der Waals surface area (Å²) in [6, 6.07) is 0. The molecule has 1 N–H and O–H groups in total. The van der Waals surface area contributed by atoms with E-state index in [1.807, 2.05) is 0 Å². The molecule has 0 radical (unpaired) electrons. The van der Waals surface area contributed by atoms with Crippen LogP contribution < -0.4 is 5.32 Å². The molecule has 16 heavy (non-hydrogen) atoms. The highest BCUT2D eigenvalue weighted by Crippen LogP contribution is 2.28. The van der Waals surface area contributed by atoms with Gasteiger partial charge in [0.2, 0.25) is 0 Å². The molecule has 1 saturated heterocycles. The summed E-state index contributed by atoms with van der Waals surface area (Å²) in [5, 5.41) is 3.27. The van der Waals surface area contributed by atoms with Crippen LogP contribution in [0.1, 0.15) is 26.7 Å². The third kappa shape index (κ3) is 3.43. The van der Waals surface area contributed by atoms with Crippen LogP contribution in [0, 0.1) is 5.92 Å². The zero-order valence-corrected chi connectivity index (χ0v) is 11.3. The second-order valence-electron chi connectivity index (χ2n) is 5.09. The molecule has 0 aromatic rings. The summed E-state index contributed by atoms with van der Waals surface area (Å²) >= 11 is 0.